The Balaban J connectivity index is 1.64. The Morgan fingerprint density at radius 1 is 1.10 bits per heavy atom. The summed E-state index contributed by atoms with van der Waals surface area (Å²) in [4.78, 5) is 6.73. The molecule has 2 aliphatic rings. The number of nitrogens with zero attached hydrogens (tertiary/aromatic N) is 3. The number of hydrogen-bond acceptors (Lipinski definition) is 4. The number of halogens is 1. The first-order chi connectivity index (χ1) is 9.48. The van der Waals surface area contributed by atoms with Crippen LogP contribution in [-0.4, -0.2) is 68.7 Å². The lowest BCUT2D eigenvalue weighted by Gasteiger charge is -2.46. The Bertz CT molecular complexity index is 564. The van der Waals surface area contributed by atoms with Crippen LogP contribution in [0.25, 0.3) is 0 Å². The summed E-state index contributed by atoms with van der Waals surface area (Å²) in [6, 6.07) is 4.04. The van der Waals surface area contributed by atoms with Crippen molar-refractivity contribution < 1.29 is 12.9 Å². The Labute approximate surface area is 128 Å². The van der Waals surface area contributed by atoms with E-state index in [4.69, 9.17) is 0 Å². The quantitative estimate of drug-likeness (QED) is 0.698. The topological polar surface area (TPSA) is 50.3 Å². The van der Waals surface area contributed by atoms with Crippen molar-refractivity contribution in [1.29, 1.82) is 0 Å². The maximum atomic E-state index is 11.6. The van der Waals surface area contributed by atoms with E-state index in [0.29, 0.717) is 11.5 Å². The van der Waals surface area contributed by atoms with E-state index in [1.54, 1.807) is 0 Å². The van der Waals surface area contributed by atoms with Gasteiger partial charge in [-0.25, -0.2) is 13.4 Å². The van der Waals surface area contributed by atoms with Crippen molar-refractivity contribution in [3.8, 4) is 0 Å². The molecule has 2 fully saturated rings. The molecule has 0 bridgehead atoms. The fourth-order valence-electron chi connectivity index (χ4n) is 3.00. The van der Waals surface area contributed by atoms with Gasteiger partial charge in [0.05, 0.1) is 50.8 Å². The highest BCUT2D eigenvalue weighted by Gasteiger charge is 2.38. The maximum absolute atomic E-state index is 11.6. The number of piperazine rings is 1. The summed E-state index contributed by atoms with van der Waals surface area (Å²) in [5, 5.41) is 0. The summed E-state index contributed by atoms with van der Waals surface area (Å²) in [6.45, 7) is 5.51. The highest BCUT2D eigenvalue weighted by Crippen LogP contribution is 2.22. The predicted octanol–water partition coefficient (Wildman–Crippen LogP) is 0.909. The number of rotatable bonds is 1. The molecule has 0 unspecified atom stereocenters. The summed E-state index contributed by atoms with van der Waals surface area (Å²) >= 11 is 3.40. The number of hydrogen-bond donors (Lipinski definition) is 0. The molecular weight excluding hydrogens is 342 g/mol. The Morgan fingerprint density at radius 3 is 2.30 bits per heavy atom. The van der Waals surface area contributed by atoms with Crippen molar-refractivity contribution in [3.05, 3.63) is 22.8 Å². The molecule has 1 aromatic heterocycles. The van der Waals surface area contributed by atoms with Gasteiger partial charge in [-0.2, -0.15) is 0 Å². The van der Waals surface area contributed by atoms with Gasteiger partial charge in [-0.15, -0.1) is 0 Å². The largest absolute Gasteiger partial charge is 0.345 e. The first-order valence-corrected chi connectivity index (χ1v) is 9.52. The predicted molar refractivity (Wildman–Crippen MR) is 82.5 cm³/mol. The molecule has 1 spiro atoms. The number of anilines is 1. The van der Waals surface area contributed by atoms with Crippen molar-refractivity contribution in [1.82, 2.24) is 4.98 Å². The van der Waals surface area contributed by atoms with Gasteiger partial charge in [0.1, 0.15) is 5.82 Å². The average molecular weight is 361 g/mol. The lowest BCUT2D eigenvalue weighted by molar-refractivity contribution is -0.925. The molecule has 1 aromatic rings. The molecule has 0 amide bonds. The van der Waals surface area contributed by atoms with Crippen molar-refractivity contribution in [2.24, 2.45) is 0 Å². The van der Waals surface area contributed by atoms with Crippen LogP contribution < -0.4 is 4.90 Å². The van der Waals surface area contributed by atoms with Gasteiger partial charge in [-0.05, 0) is 28.1 Å². The van der Waals surface area contributed by atoms with Crippen molar-refractivity contribution in [3.63, 3.8) is 0 Å². The van der Waals surface area contributed by atoms with E-state index in [1.807, 2.05) is 18.3 Å². The van der Waals surface area contributed by atoms with Gasteiger partial charge < -0.3 is 9.38 Å². The van der Waals surface area contributed by atoms with Crippen LogP contribution in [0.1, 0.15) is 0 Å². The van der Waals surface area contributed by atoms with E-state index in [9.17, 15) is 8.42 Å². The number of pyridine rings is 1. The summed E-state index contributed by atoms with van der Waals surface area (Å²) in [6.07, 6.45) is 1.82. The second kappa shape index (κ2) is 5.27. The third-order valence-corrected chi connectivity index (χ3v) is 6.56. The fraction of sp³-hybridized carbons (Fsp3) is 0.615. The molecule has 0 atom stereocenters. The Hall–Kier alpha value is -0.660. The van der Waals surface area contributed by atoms with Crippen LogP contribution in [0.2, 0.25) is 0 Å². The van der Waals surface area contributed by atoms with Gasteiger partial charge >= 0.3 is 0 Å². The van der Waals surface area contributed by atoms with E-state index in [-0.39, 0.29) is 0 Å². The fourth-order valence-corrected chi connectivity index (χ4v) is 4.77. The van der Waals surface area contributed by atoms with Crippen molar-refractivity contribution in [2.45, 2.75) is 0 Å². The molecule has 2 saturated heterocycles. The van der Waals surface area contributed by atoms with Crippen molar-refractivity contribution in [2.75, 3.05) is 55.7 Å². The SMILES string of the molecule is O=S1(=O)CC[N+]2(CCN(c3ccc(Br)cn3)CC2)CC1. The van der Waals surface area contributed by atoms with Crippen LogP contribution in [0, 0.1) is 0 Å². The smallest absolute Gasteiger partial charge is 0.161 e. The van der Waals surface area contributed by atoms with E-state index in [2.05, 4.69) is 25.8 Å². The monoisotopic (exact) mass is 360 g/mol. The van der Waals surface area contributed by atoms with Crippen LogP contribution in [0.4, 0.5) is 5.82 Å². The van der Waals surface area contributed by atoms with Gasteiger partial charge in [-0.1, -0.05) is 0 Å². The molecule has 5 nitrogen and oxygen atoms in total. The second-order valence-electron chi connectivity index (χ2n) is 5.71. The van der Waals surface area contributed by atoms with Crippen LogP contribution in [0.15, 0.2) is 22.8 Å². The summed E-state index contributed by atoms with van der Waals surface area (Å²) in [5.74, 6) is 1.71. The Kier molecular flexibility index (Phi) is 3.77. The molecule has 0 radical (unpaired) electrons. The first-order valence-electron chi connectivity index (χ1n) is 6.90. The van der Waals surface area contributed by atoms with E-state index in [0.717, 1.165) is 54.0 Å². The molecule has 0 aliphatic carbocycles. The third kappa shape index (κ3) is 2.99. The first kappa shape index (κ1) is 14.3. The molecule has 0 N–H and O–H groups in total. The van der Waals surface area contributed by atoms with Gasteiger partial charge in [0.2, 0.25) is 0 Å². The molecule has 0 aromatic carbocycles. The normalized spacial score (nSPS) is 24.8. The number of aromatic nitrogens is 1. The molecule has 7 heteroatoms. The van der Waals surface area contributed by atoms with Gasteiger partial charge in [0.15, 0.2) is 9.84 Å². The molecule has 2 aliphatic heterocycles. The van der Waals surface area contributed by atoms with Crippen molar-refractivity contribution >= 4 is 31.6 Å². The molecule has 3 rings (SSSR count). The highest BCUT2D eigenvalue weighted by atomic mass is 79.9. The van der Waals surface area contributed by atoms with Crippen LogP contribution in [0.5, 0.6) is 0 Å². The summed E-state index contributed by atoms with van der Waals surface area (Å²) in [5.41, 5.74) is 0. The van der Waals surface area contributed by atoms with Crippen LogP contribution in [0.3, 0.4) is 0 Å². The highest BCUT2D eigenvalue weighted by molar-refractivity contribution is 9.10. The minimum Gasteiger partial charge on any atom is -0.345 e. The standard InChI is InChI=1S/C13H19BrN3O2S/c14-12-1-2-13(15-11-12)16-3-5-17(6-4-16)7-9-20(18,19)10-8-17/h1-2,11H,3-10H2/q+1. The van der Waals surface area contributed by atoms with Crippen LogP contribution in [-0.2, 0) is 9.84 Å². The molecule has 110 valence electrons. The second-order valence-corrected chi connectivity index (χ2v) is 8.93. The zero-order valence-corrected chi connectivity index (χ0v) is 13.7. The minimum absolute atomic E-state index is 0.351. The minimum atomic E-state index is -2.78. The van der Waals surface area contributed by atoms with Gasteiger partial charge in [-0.3, -0.25) is 0 Å². The lowest BCUT2D eigenvalue weighted by Crippen LogP contribution is -2.64. The molecule has 3 heterocycles. The molecule has 20 heavy (non-hydrogen) atoms. The zero-order chi connectivity index (χ0) is 14.2. The van der Waals surface area contributed by atoms with Gasteiger partial charge in [0, 0.05) is 10.7 Å². The zero-order valence-electron chi connectivity index (χ0n) is 11.3. The number of sulfone groups is 1. The maximum Gasteiger partial charge on any atom is 0.161 e. The van der Waals surface area contributed by atoms with E-state index < -0.39 is 9.84 Å². The average Bonchev–Trinajstić information content (AvgIpc) is 2.45. The van der Waals surface area contributed by atoms with Crippen LogP contribution >= 0.6 is 15.9 Å². The lowest BCUT2D eigenvalue weighted by atomic mass is 10.2. The third-order valence-electron chi connectivity index (χ3n) is 4.48. The Morgan fingerprint density at radius 2 is 1.75 bits per heavy atom. The van der Waals surface area contributed by atoms with E-state index in [1.165, 1.54) is 0 Å². The molecule has 0 saturated carbocycles. The van der Waals surface area contributed by atoms with E-state index >= 15 is 0 Å². The van der Waals surface area contributed by atoms with Gasteiger partial charge in [0.25, 0.3) is 0 Å². The summed E-state index contributed by atoms with van der Waals surface area (Å²) < 4.78 is 25.1. The molecular formula is C13H19BrN3O2S+. The summed E-state index contributed by atoms with van der Waals surface area (Å²) in [7, 11) is -2.78. The number of quaternary nitrogens is 1.